The Balaban J connectivity index is 3.48. The van der Waals surface area contributed by atoms with E-state index >= 15 is 0 Å². The molecule has 0 N–H and O–H groups in total. The van der Waals surface area contributed by atoms with E-state index in [4.69, 9.17) is 0 Å². The predicted octanol–water partition coefficient (Wildman–Crippen LogP) is 6.70. The van der Waals surface area contributed by atoms with E-state index in [0.717, 1.165) is 6.07 Å². The van der Waals surface area contributed by atoms with Gasteiger partial charge < -0.3 is 0 Å². The van der Waals surface area contributed by atoms with E-state index in [-0.39, 0.29) is 15.7 Å². The van der Waals surface area contributed by atoms with Crippen molar-refractivity contribution < 1.29 is 30.7 Å². The molecule has 0 aliphatic heterocycles. The van der Waals surface area contributed by atoms with Crippen LogP contribution in [-0.4, -0.2) is 29.2 Å². The van der Waals surface area contributed by atoms with Gasteiger partial charge in [-0.3, -0.25) is 5.01 Å². The zero-order valence-electron chi connectivity index (χ0n) is 14.3. The first kappa shape index (κ1) is 22.9. The molecule has 1 aromatic rings. The van der Waals surface area contributed by atoms with Gasteiger partial charge in [0.05, 0.1) is 11.3 Å². The second-order valence-corrected chi connectivity index (χ2v) is 7.31. The van der Waals surface area contributed by atoms with Gasteiger partial charge in [0.15, 0.2) is 0 Å². The van der Waals surface area contributed by atoms with Gasteiger partial charge in [-0.25, -0.2) is 0 Å². The summed E-state index contributed by atoms with van der Waals surface area (Å²) in [5.41, 5.74) is -2.30. The molecule has 0 fully saturated rings. The average Bonchev–Trinajstić information content (AvgIpc) is 2.46. The summed E-state index contributed by atoms with van der Waals surface area (Å²) in [6, 6.07) is 2.35. The summed E-state index contributed by atoms with van der Waals surface area (Å²) in [4.78, 5) is 0. The van der Waals surface area contributed by atoms with Crippen molar-refractivity contribution in [1.82, 2.24) is 5.01 Å². The highest BCUT2D eigenvalue weighted by atomic mass is 127. The van der Waals surface area contributed by atoms with Gasteiger partial charge in [-0.15, -0.1) is 5.11 Å². The van der Waals surface area contributed by atoms with Crippen LogP contribution in [0, 0.1) is 3.57 Å². The molecular formula is C15H17F7IN3. The molecule has 1 rings (SSSR count). The minimum absolute atomic E-state index is 0.0544. The fourth-order valence-electron chi connectivity index (χ4n) is 2.10. The maximum Gasteiger partial charge on any atom is 0.460 e. The Kier molecular flexibility index (Phi) is 6.91. The SMILES string of the molecule is CC(C)N(N=Nc1ccc(I)cc1C(F)(F)C(F)(F)C(F)(F)F)C(C)C. The molecule has 11 heteroatoms. The molecule has 26 heavy (non-hydrogen) atoms. The predicted molar refractivity (Wildman–Crippen MR) is 90.7 cm³/mol. The van der Waals surface area contributed by atoms with E-state index in [9.17, 15) is 30.7 Å². The van der Waals surface area contributed by atoms with Crippen molar-refractivity contribution in [2.45, 2.75) is 57.8 Å². The lowest BCUT2D eigenvalue weighted by atomic mass is 10.00. The first-order chi connectivity index (χ1) is 11.6. The molecular weight excluding hydrogens is 482 g/mol. The Morgan fingerprint density at radius 2 is 1.42 bits per heavy atom. The molecule has 148 valence electrons. The van der Waals surface area contributed by atoms with Crippen LogP contribution in [0.5, 0.6) is 0 Å². The van der Waals surface area contributed by atoms with Gasteiger partial charge in [0.2, 0.25) is 0 Å². The Morgan fingerprint density at radius 1 is 0.923 bits per heavy atom. The zero-order valence-corrected chi connectivity index (χ0v) is 16.4. The fraction of sp³-hybridized carbons (Fsp3) is 0.600. The Labute approximate surface area is 159 Å². The van der Waals surface area contributed by atoms with Crippen molar-refractivity contribution in [1.29, 1.82) is 0 Å². The normalized spacial score (nSPS) is 13.9. The lowest BCUT2D eigenvalue weighted by Crippen LogP contribution is -2.50. The quantitative estimate of drug-likeness (QED) is 0.185. The largest absolute Gasteiger partial charge is 0.460 e. The highest BCUT2D eigenvalue weighted by Gasteiger charge is 2.74. The molecule has 0 aromatic heterocycles. The van der Waals surface area contributed by atoms with Crippen LogP contribution in [0.25, 0.3) is 0 Å². The summed E-state index contributed by atoms with van der Waals surface area (Å²) in [6.07, 6.45) is -6.42. The van der Waals surface area contributed by atoms with E-state index in [1.807, 2.05) is 0 Å². The molecule has 0 aliphatic carbocycles. The summed E-state index contributed by atoms with van der Waals surface area (Å²) in [6.45, 7) is 6.95. The fourth-order valence-corrected chi connectivity index (χ4v) is 2.59. The Morgan fingerprint density at radius 3 is 1.85 bits per heavy atom. The molecule has 0 aliphatic rings. The van der Waals surface area contributed by atoms with Crippen LogP contribution in [0.4, 0.5) is 36.4 Å². The smallest absolute Gasteiger partial charge is 0.273 e. The number of rotatable bonds is 6. The summed E-state index contributed by atoms with van der Waals surface area (Å²) in [5.74, 6) is -11.8. The third-order valence-corrected chi connectivity index (χ3v) is 4.03. The van der Waals surface area contributed by atoms with Crippen LogP contribution >= 0.6 is 22.6 Å². The summed E-state index contributed by atoms with van der Waals surface area (Å²) < 4.78 is 92.5. The van der Waals surface area contributed by atoms with Crippen LogP contribution in [-0.2, 0) is 5.92 Å². The minimum Gasteiger partial charge on any atom is -0.273 e. The van der Waals surface area contributed by atoms with Crippen molar-refractivity contribution in [2.24, 2.45) is 10.3 Å². The molecule has 0 saturated heterocycles. The number of nitrogens with zero attached hydrogens (tertiary/aromatic N) is 3. The van der Waals surface area contributed by atoms with E-state index in [1.54, 1.807) is 27.7 Å². The summed E-state index contributed by atoms with van der Waals surface area (Å²) in [7, 11) is 0. The topological polar surface area (TPSA) is 28.0 Å². The third-order valence-electron chi connectivity index (χ3n) is 3.36. The van der Waals surface area contributed by atoms with Gasteiger partial charge >= 0.3 is 18.0 Å². The van der Waals surface area contributed by atoms with E-state index in [2.05, 4.69) is 10.3 Å². The van der Waals surface area contributed by atoms with Gasteiger partial charge in [0.1, 0.15) is 0 Å². The molecule has 0 unspecified atom stereocenters. The maximum absolute atomic E-state index is 14.1. The molecule has 1 aromatic carbocycles. The van der Waals surface area contributed by atoms with Crippen LogP contribution in [0.2, 0.25) is 0 Å². The second-order valence-electron chi connectivity index (χ2n) is 6.06. The first-order valence-corrected chi connectivity index (χ1v) is 8.53. The van der Waals surface area contributed by atoms with Crippen LogP contribution in [0.3, 0.4) is 0 Å². The van der Waals surface area contributed by atoms with Gasteiger partial charge in [0, 0.05) is 15.7 Å². The van der Waals surface area contributed by atoms with E-state index in [1.165, 1.54) is 33.7 Å². The number of benzene rings is 1. The molecule has 0 saturated carbocycles. The van der Waals surface area contributed by atoms with Crippen molar-refractivity contribution in [3.8, 4) is 0 Å². The molecule has 0 bridgehead atoms. The first-order valence-electron chi connectivity index (χ1n) is 7.45. The molecule has 0 amide bonds. The average molecular weight is 499 g/mol. The number of alkyl halides is 7. The molecule has 0 atom stereocenters. The lowest BCUT2D eigenvalue weighted by Gasteiger charge is -2.29. The van der Waals surface area contributed by atoms with Crippen LogP contribution in [0.15, 0.2) is 28.5 Å². The molecule has 0 radical (unpaired) electrons. The van der Waals surface area contributed by atoms with Crippen LogP contribution in [0.1, 0.15) is 33.3 Å². The van der Waals surface area contributed by atoms with Crippen molar-refractivity contribution in [3.63, 3.8) is 0 Å². The van der Waals surface area contributed by atoms with E-state index in [0.29, 0.717) is 6.07 Å². The third kappa shape index (κ3) is 4.58. The summed E-state index contributed by atoms with van der Waals surface area (Å²) in [5, 5.41) is 8.66. The van der Waals surface area contributed by atoms with Crippen molar-refractivity contribution >= 4 is 28.3 Å². The van der Waals surface area contributed by atoms with Crippen molar-refractivity contribution in [2.75, 3.05) is 0 Å². The highest BCUT2D eigenvalue weighted by Crippen LogP contribution is 2.53. The van der Waals surface area contributed by atoms with Gasteiger partial charge in [-0.2, -0.15) is 30.7 Å². The molecule has 3 nitrogen and oxygen atoms in total. The Bertz CT molecular complexity index is 649. The number of hydrogen-bond donors (Lipinski definition) is 0. The maximum atomic E-state index is 14.1. The zero-order chi connectivity index (χ0) is 20.5. The number of halogens is 8. The van der Waals surface area contributed by atoms with Crippen LogP contribution < -0.4 is 0 Å². The molecule has 0 heterocycles. The second kappa shape index (κ2) is 7.85. The number of hydrogen-bond acceptors (Lipinski definition) is 2. The highest BCUT2D eigenvalue weighted by molar-refractivity contribution is 14.1. The van der Waals surface area contributed by atoms with Gasteiger partial charge in [-0.1, -0.05) is 5.22 Å². The minimum atomic E-state index is -6.42. The van der Waals surface area contributed by atoms with Crippen molar-refractivity contribution in [3.05, 3.63) is 27.3 Å². The van der Waals surface area contributed by atoms with E-state index < -0.39 is 29.3 Å². The summed E-state index contributed by atoms with van der Waals surface area (Å²) >= 11 is 1.53. The standard InChI is InChI=1S/C15H17F7IN3/c1-8(2)26(9(3)4)25-24-12-6-5-10(23)7-11(12)13(16,17)14(18,19)15(20,21)22/h5-9H,1-4H3. The Hall–Kier alpha value is -1.14. The lowest BCUT2D eigenvalue weighted by molar-refractivity contribution is -0.359. The molecule has 0 spiro atoms. The van der Waals surface area contributed by atoms with Gasteiger partial charge in [-0.05, 0) is 68.5 Å². The van der Waals surface area contributed by atoms with Gasteiger partial charge in [0.25, 0.3) is 0 Å². The monoisotopic (exact) mass is 499 g/mol.